The summed E-state index contributed by atoms with van der Waals surface area (Å²) in [7, 11) is 0. The normalized spacial score (nSPS) is 15.3. The zero-order valence-corrected chi connectivity index (χ0v) is 13.9. The van der Waals surface area contributed by atoms with Crippen molar-refractivity contribution in [2.75, 3.05) is 18.8 Å². The van der Waals surface area contributed by atoms with E-state index in [1.54, 1.807) is 30.5 Å². The number of piperidine rings is 1. The molecule has 0 aliphatic carbocycles. The van der Waals surface area contributed by atoms with Crippen molar-refractivity contribution < 1.29 is 13.9 Å². The van der Waals surface area contributed by atoms with Gasteiger partial charge in [-0.1, -0.05) is 0 Å². The molecule has 1 amide bonds. The van der Waals surface area contributed by atoms with Crippen LogP contribution in [0.4, 0.5) is 4.39 Å². The summed E-state index contributed by atoms with van der Waals surface area (Å²) in [5.41, 5.74) is 0. The monoisotopic (exact) mass is 347 g/mol. The fourth-order valence-electron chi connectivity index (χ4n) is 2.51. The van der Waals surface area contributed by atoms with Gasteiger partial charge >= 0.3 is 0 Å². The van der Waals surface area contributed by atoms with Crippen molar-refractivity contribution in [1.29, 1.82) is 0 Å². The first kappa shape index (κ1) is 16.7. The molecule has 24 heavy (non-hydrogen) atoms. The molecular weight excluding hydrogens is 329 g/mol. The first-order valence-electron chi connectivity index (χ1n) is 7.81. The fraction of sp³-hybridized carbons (Fsp3) is 0.353. The number of carbonyl (C=O) groups is 1. The van der Waals surface area contributed by atoms with E-state index in [0.29, 0.717) is 24.7 Å². The summed E-state index contributed by atoms with van der Waals surface area (Å²) >= 11 is 1.43. The zero-order valence-electron chi connectivity index (χ0n) is 13.1. The Balaban J connectivity index is 1.42. The molecule has 1 aromatic heterocycles. The van der Waals surface area contributed by atoms with E-state index in [2.05, 4.69) is 10.2 Å². The third kappa shape index (κ3) is 4.67. The standard InChI is InChI=1S/C17H18FN3O2S/c18-13-3-5-15(6-4-13)24-12-17(22)21-10-7-14(8-11-21)23-16-2-1-9-19-20-16/h1-6,9,14H,7-8,10-12H2. The number of halogens is 1. The third-order valence-corrected chi connectivity index (χ3v) is 4.80. The molecule has 1 fully saturated rings. The van der Waals surface area contributed by atoms with Crippen LogP contribution in [0, 0.1) is 5.82 Å². The minimum Gasteiger partial charge on any atom is -0.473 e. The van der Waals surface area contributed by atoms with Crippen LogP contribution >= 0.6 is 11.8 Å². The van der Waals surface area contributed by atoms with Gasteiger partial charge in [0.05, 0.1) is 5.75 Å². The summed E-state index contributed by atoms with van der Waals surface area (Å²) in [5.74, 6) is 0.716. The van der Waals surface area contributed by atoms with Crippen molar-refractivity contribution >= 4 is 17.7 Å². The lowest BCUT2D eigenvalue weighted by molar-refractivity contribution is -0.130. The summed E-state index contributed by atoms with van der Waals surface area (Å²) in [6, 6.07) is 9.75. The van der Waals surface area contributed by atoms with Gasteiger partial charge in [-0.2, -0.15) is 5.10 Å². The number of nitrogens with zero attached hydrogens (tertiary/aromatic N) is 3. The molecule has 5 nitrogen and oxygen atoms in total. The largest absolute Gasteiger partial charge is 0.473 e. The molecule has 0 N–H and O–H groups in total. The molecule has 2 heterocycles. The molecule has 0 unspecified atom stereocenters. The Hall–Kier alpha value is -2.15. The fourth-order valence-corrected chi connectivity index (χ4v) is 3.31. The predicted octanol–water partition coefficient (Wildman–Crippen LogP) is 2.78. The Morgan fingerprint density at radius 2 is 2.00 bits per heavy atom. The highest BCUT2D eigenvalue weighted by molar-refractivity contribution is 8.00. The third-order valence-electron chi connectivity index (χ3n) is 3.81. The molecule has 1 aromatic carbocycles. The topological polar surface area (TPSA) is 55.3 Å². The van der Waals surface area contributed by atoms with Crippen LogP contribution < -0.4 is 4.74 Å². The number of thioether (sulfide) groups is 1. The number of rotatable bonds is 5. The Morgan fingerprint density at radius 1 is 1.25 bits per heavy atom. The molecule has 1 aliphatic heterocycles. The second-order valence-corrected chi connectivity index (χ2v) is 6.55. The van der Waals surface area contributed by atoms with E-state index < -0.39 is 0 Å². The number of hydrogen-bond donors (Lipinski definition) is 0. The van der Waals surface area contributed by atoms with E-state index in [0.717, 1.165) is 17.7 Å². The van der Waals surface area contributed by atoms with Crippen LogP contribution in [-0.2, 0) is 4.79 Å². The van der Waals surface area contributed by atoms with E-state index in [9.17, 15) is 9.18 Å². The Labute approximate surface area is 144 Å². The molecule has 0 saturated carbocycles. The summed E-state index contributed by atoms with van der Waals surface area (Å²) in [5, 5.41) is 7.70. The first-order chi connectivity index (χ1) is 11.7. The molecule has 7 heteroatoms. The van der Waals surface area contributed by atoms with E-state index >= 15 is 0 Å². The van der Waals surface area contributed by atoms with Crippen LogP contribution in [-0.4, -0.2) is 46.0 Å². The number of ether oxygens (including phenoxy) is 1. The number of likely N-dealkylation sites (tertiary alicyclic amines) is 1. The Bertz CT molecular complexity index is 661. The lowest BCUT2D eigenvalue weighted by atomic mass is 10.1. The summed E-state index contributed by atoms with van der Waals surface area (Å²) in [4.78, 5) is 15.0. The van der Waals surface area contributed by atoms with Gasteiger partial charge in [-0.25, -0.2) is 4.39 Å². The summed E-state index contributed by atoms with van der Waals surface area (Å²) < 4.78 is 18.6. The van der Waals surface area contributed by atoms with Gasteiger partial charge in [0.1, 0.15) is 11.9 Å². The van der Waals surface area contributed by atoms with Gasteiger partial charge in [0.15, 0.2) is 0 Å². The molecule has 0 spiro atoms. The number of amides is 1. The van der Waals surface area contributed by atoms with Crippen molar-refractivity contribution in [3.8, 4) is 5.88 Å². The van der Waals surface area contributed by atoms with Crippen LogP contribution in [0.15, 0.2) is 47.5 Å². The van der Waals surface area contributed by atoms with Gasteiger partial charge in [-0.05, 0) is 30.3 Å². The quantitative estimate of drug-likeness (QED) is 0.779. The van der Waals surface area contributed by atoms with E-state index in [-0.39, 0.29) is 17.8 Å². The number of aromatic nitrogens is 2. The average Bonchev–Trinajstić information content (AvgIpc) is 2.62. The van der Waals surface area contributed by atoms with Crippen molar-refractivity contribution in [2.24, 2.45) is 0 Å². The minimum absolute atomic E-state index is 0.0653. The van der Waals surface area contributed by atoms with Crippen LogP contribution in [0.1, 0.15) is 12.8 Å². The Morgan fingerprint density at radius 3 is 2.67 bits per heavy atom. The van der Waals surface area contributed by atoms with Gasteiger partial charge in [0, 0.05) is 43.1 Å². The molecule has 126 valence electrons. The van der Waals surface area contributed by atoms with E-state index in [1.807, 2.05) is 4.90 Å². The maximum atomic E-state index is 12.9. The van der Waals surface area contributed by atoms with Crippen molar-refractivity contribution in [3.05, 3.63) is 48.4 Å². The first-order valence-corrected chi connectivity index (χ1v) is 8.80. The maximum Gasteiger partial charge on any atom is 0.233 e. The van der Waals surface area contributed by atoms with Gasteiger partial charge in [-0.15, -0.1) is 16.9 Å². The highest BCUT2D eigenvalue weighted by Gasteiger charge is 2.24. The average molecular weight is 347 g/mol. The minimum atomic E-state index is -0.268. The molecule has 0 bridgehead atoms. The summed E-state index contributed by atoms with van der Waals surface area (Å²) in [6.07, 6.45) is 3.23. The van der Waals surface area contributed by atoms with Crippen LogP contribution in [0.3, 0.4) is 0 Å². The molecule has 3 rings (SSSR count). The lowest BCUT2D eigenvalue weighted by Gasteiger charge is -2.31. The second kappa shape index (κ2) is 8.10. The van der Waals surface area contributed by atoms with Crippen molar-refractivity contribution in [1.82, 2.24) is 15.1 Å². The van der Waals surface area contributed by atoms with E-state index in [4.69, 9.17) is 4.74 Å². The predicted molar refractivity (Wildman–Crippen MR) is 89.4 cm³/mol. The van der Waals surface area contributed by atoms with Crippen LogP contribution in [0.2, 0.25) is 0 Å². The molecule has 2 aromatic rings. The molecule has 0 radical (unpaired) electrons. The SMILES string of the molecule is O=C(CSc1ccc(F)cc1)N1CCC(Oc2cccnn2)CC1. The number of hydrogen-bond acceptors (Lipinski definition) is 5. The van der Waals surface area contributed by atoms with Crippen molar-refractivity contribution in [2.45, 2.75) is 23.8 Å². The summed E-state index contributed by atoms with van der Waals surface area (Å²) in [6.45, 7) is 1.35. The lowest BCUT2D eigenvalue weighted by Crippen LogP contribution is -2.42. The second-order valence-electron chi connectivity index (χ2n) is 5.50. The highest BCUT2D eigenvalue weighted by atomic mass is 32.2. The van der Waals surface area contributed by atoms with Gasteiger partial charge in [-0.3, -0.25) is 4.79 Å². The van der Waals surface area contributed by atoms with Crippen LogP contribution in [0.5, 0.6) is 5.88 Å². The van der Waals surface area contributed by atoms with E-state index in [1.165, 1.54) is 23.9 Å². The smallest absolute Gasteiger partial charge is 0.233 e. The Kier molecular flexibility index (Phi) is 5.63. The maximum absolute atomic E-state index is 12.9. The highest BCUT2D eigenvalue weighted by Crippen LogP contribution is 2.21. The number of carbonyl (C=O) groups excluding carboxylic acids is 1. The zero-order chi connectivity index (χ0) is 16.8. The van der Waals surface area contributed by atoms with Gasteiger partial charge in [0.25, 0.3) is 0 Å². The van der Waals surface area contributed by atoms with Crippen molar-refractivity contribution in [3.63, 3.8) is 0 Å². The molecule has 1 aliphatic rings. The van der Waals surface area contributed by atoms with Gasteiger partial charge < -0.3 is 9.64 Å². The molecular formula is C17H18FN3O2S. The van der Waals surface area contributed by atoms with Crippen LogP contribution in [0.25, 0.3) is 0 Å². The van der Waals surface area contributed by atoms with Gasteiger partial charge in [0.2, 0.25) is 11.8 Å². The molecule has 0 atom stereocenters. The number of benzene rings is 1. The molecule has 1 saturated heterocycles.